The summed E-state index contributed by atoms with van der Waals surface area (Å²) in [6, 6.07) is 10.0. The highest BCUT2D eigenvalue weighted by atomic mass is 16.7. The van der Waals surface area contributed by atoms with E-state index in [-0.39, 0.29) is 6.61 Å². The first-order chi connectivity index (χ1) is 14.7. The Morgan fingerprint density at radius 3 is 2.73 bits per heavy atom. The van der Waals surface area contributed by atoms with Crippen LogP contribution in [0.1, 0.15) is 29.9 Å². The van der Waals surface area contributed by atoms with Gasteiger partial charge in [0.05, 0.1) is 13.7 Å². The van der Waals surface area contributed by atoms with E-state index < -0.39 is 6.10 Å². The number of rotatable bonds is 9. The highest BCUT2D eigenvalue weighted by molar-refractivity contribution is 5.43. The van der Waals surface area contributed by atoms with Crippen molar-refractivity contribution < 1.29 is 19.4 Å². The lowest BCUT2D eigenvalue weighted by Crippen LogP contribution is -2.49. The summed E-state index contributed by atoms with van der Waals surface area (Å²) in [4.78, 5) is 12.0. The van der Waals surface area contributed by atoms with E-state index in [9.17, 15) is 5.11 Å². The van der Waals surface area contributed by atoms with E-state index in [1.54, 1.807) is 7.11 Å². The van der Waals surface area contributed by atoms with Crippen LogP contribution in [0.3, 0.4) is 0 Å². The second-order valence-electron chi connectivity index (χ2n) is 8.05. The van der Waals surface area contributed by atoms with Gasteiger partial charge in [0.1, 0.15) is 12.7 Å². The van der Waals surface area contributed by atoms with E-state index in [2.05, 4.69) is 22.0 Å². The molecule has 0 aliphatic carbocycles. The van der Waals surface area contributed by atoms with Gasteiger partial charge in [0.15, 0.2) is 11.5 Å². The minimum Gasteiger partial charge on any atom is -0.493 e. The van der Waals surface area contributed by atoms with Gasteiger partial charge < -0.3 is 14.6 Å². The average molecular weight is 414 g/mol. The Kier molecular flexibility index (Phi) is 7.17. The lowest BCUT2D eigenvalue weighted by molar-refractivity contribution is -0.187. The number of benzene rings is 1. The van der Waals surface area contributed by atoms with Crippen molar-refractivity contribution in [2.45, 2.75) is 31.4 Å². The predicted octanol–water partition coefficient (Wildman–Crippen LogP) is 2.46. The molecule has 1 aromatic heterocycles. The number of ether oxygens (including phenoxy) is 2. The maximum Gasteiger partial charge on any atom is 0.161 e. The number of aliphatic hydroxyl groups is 1. The average Bonchev–Trinajstić information content (AvgIpc) is 2.76. The number of methoxy groups -OCH3 is 1. The van der Waals surface area contributed by atoms with Crippen molar-refractivity contribution in [2.24, 2.45) is 0 Å². The highest BCUT2D eigenvalue weighted by Gasteiger charge is 2.29. The van der Waals surface area contributed by atoms with Crippen LogP contribution in [0.15, 0.2) is 42.7 Å². The van der Waals surface area contributed by atoms with Crippen LogP contribution < -0.4 is 9.47 Å². The number of nitrogens with zero attached hydrogens (tertiary/aromatic N) is 3. The van der Waals surface area contributed by atoms with Gasteiger partial charge in [0.25, 0.3) is 0 Å². The van der Waals surface area contributed by atoms with E-state index in [1.807, 2.05) is 35.7 Å². The van der Waals surface area contributed by atoms with E-state index in [4.69, 9.17) is 14.3 Å². The van der Waals surface area contributed by atoms with Crippen LogP contribution in [0.5, 0.6) is 11.5 Å². The lowest BCUT2D eigenvalue weighted by atomic mass is 9.92. The monoisotopic (exact) mass is 413 g/mol. The zero-order valence-electron chi connectivity index (χ0n) is 17.6. The number of aromatic nitrogens is 1. The molecule has 7 nitrogen and oxygen atoms in total. The standard InChI is InChI=1S/C23H31N3O4/c1-28-22-5-4-18(13-26-10-2-3-11-30-26)12-23(22)29-17-21(27)16-25-14-20(15-25)19-6-8-24-9-7-19/h4-9,12,20-21,27H,2-3,10-11,13-17H2,1H3. The summed E-state index contributed by atoms with van der Waals surface area (Å²) in [5.41, 5.74) is 2.41. The van der Waals surface area contributed by atoms with Gasteiger partial charge in [0, 0.05) is 51.0 Å². The van der Waals surface area contributed by atoms with Gasteiger partial charge in [-0.15, -0.1) is 0 Å². The fourth-order valence-corrected chi connectivity index (χ4v) is 4.01. The molecule has 1 unspecified atom stereocenters. The van der Waals surface area contributed by atoms with E-state index in [1.165, 1.54) is 5.56 Å². The van der Waals surface area contributed by atoms with Gasteiger partial charge >= 0.3 is 0 Å². The molecule has 162 valence electrons. The SMILES string of the molecule is COc1ccc(CN2CCCCO2)cc1OCC(O)CN1CC(c2ccncc2)C1. The molecule has 2 fully saturated rings. The van der Waals surface area contributed by atoms with Crippen LogP contribution in [-0.4, -0.2) is 72.7 Å². The van der Waals surface area contributed by atoms with Crippen LogP contribution in [0.4, 0.5) is 0 Å². The van der Waals surface area contributed by atoms with Crippen molar-refractivity contribution in [2.75, 3.05) is 46.5 Å². The van der Waals surface area contributed by atoms with Crippen molar-refractivity contribution in [1.29, 1.82) is 0 Å². The van der Waals surface area contributed by atoms with E-state index >= 15 is 0 Å². The molecule has 0 amide bonds. The van der Waals surface area contributed by atoms with Gasteiger partial charge in [-0.05, 0) is 48.2 Å². The minimum atomic E-state index is -0.554. The molecule has 2 aromatic rings. The topological polar surface area (TPSA) is 67.3 Å². The number of hydroxylamine groups is 2. The van der Waals surface area contributed by atoms with Crippen LogP contribution >= 0.6 is 0 Å². The second kappa shape index (κ2) is 10.2. The molecule has 0 radical (unpaired) electrons. The van der Waals surface area contributed by atoms with Crippen molar-refractivity contribution in [3.8, 4) is 11.5 Å². The normalized spacial score (nSPS) is 19.3. The molecule has 2 saturated heterocycles. The molecule has 2 aliphatic heterocycles. The van der Waals surface area contributed by atoms with Gasteiger partial charge in [-0.2, -0.15) is 5.06 Å². The molecule has 1 aromatic carbocycles. The summed E-state index contributed by atoms with van der Waals surface area (Å²) in [5, 5.41) is 12.4. The molecule has 0 spiro atoms. The largest absolute Gasteiger partial charge is 0.493 e. The third-order valence-electron chi connectivity index (χ3n) is 5.70. The number of β-amino-alcohol motifs (C(OH)–C–C–N with tert-alkyl or cyclic N) is 1. The number of hydrogen-bond acceptors (Lipinski definition) is 7. The van der Waals surface area contributed by atoms with Crippen molar-refractivity contribution in [1.82, 2.24) is 14.9 Å². The first-order valence-electron chi connectivity index (χ1n) is 10.7. The van der Waals surface area contributed by atoms with Crippen molar-refractivity contribution in [3.05, 3.63) is 53.9 Å². The first-order valence-corrected chi connectivity index (χ1v) is 10.7. The molecular formula is C23H31N3O4. The predicted molar refractivity (Wildman–Crippen MR) is 114 cm³/mol. The smallest absolute Gasteiger partial charge is 0.161 e. The van der Waals surface area contributed by atoms with Gasteiger partial charge in [-0.3, -0.25) is 14.7 Å². The highest BCUT2D eigenvalue weighted by Crippen LogP contribution is 2.30. The lowest BCUT2D eigenvalue weighted by Gasteiger charge is -2.40. The molecule has 4 rings (SSSR count). The molecule has 1 atom stereocenters. The van der Waals surface area contributed by atoms with Gasteiger partial charge in [0.2, 0.25) is 0 Å². The van der Waals surface area contributed by atoms with Gasteiger partial charge in [-0.1, -0.05) is 6.07 Å². The summed E-state index contributed by atoms with van der Waals surface area (Å²) < 4.78 is 11.4. The Balaban J connectivity index is 1.25. The summed E-state index contributed by atoms with van der Waals surface area (Å²) in [6.07, 6.45) is 5.39. The quantitative estimate of drug-likeness (QED) is 0.677. The molecule has 30 heavy (non-hydrogen) atoms. The molecule has 0 bridgehead atoms. The number of pyridine rings is 1. The number of likely N-dealkylation sites (tertiary alicyclic amines) is 1. The molecule has 7 heteroatoms. The number of aliphatic hydroxyl groups excluding tert-OH is 1. The van der Waals surface area contributed by atoms with Gasteiger partial charge in [-0.25, -0.2) is 0 Å². The number of hydrogen-bond donors (Lipinski definition) is 1. The van der Waals surface area contributed by atoms with E-state index in [0.29, 0.717) is 30.5 Å². The molecule has 2 aliphatic rings. The Hall–Kier alpha value is -2.19. The summed E-state index contributed by atoms with van der Waals surface area (Å²) in [7, 11) is 1.63. The minimum absolute atomic E-state index is 0.233. The fraction of sp³-hybridized carbons (Fsp3) is 0.522. The third kappa shape index (κ3) is 5.49. The Bertz CT molecular complexity index is 792. The van der Waals surface area contributed by atoms with Crippen LogP contribution in [0.25, 0.3) is 0 Å². The molecule has 0 saturated carbocycles. The summed E-state index contributed by atoms with van der Waals surface area (Å²) >= 11 is 0. The zero-order valence-corrected chi connectivity index (χ0v) is 17.6. The molecule has 1 N–H and O–H groups in total. The van der Waals surface area contributed by atoms with Crippen LogP contribution in [-0.2, 0) is 11.4 Å². The van der Waals surface area contributed by atoms with Crippen molar-refractivity contribution in [3.63, 3.8) is 0 Å². The van der Waals surface area contributed by atoms with E-state index in [0.717, 1.165) is 44.6 Å². The maximum absolute atomic E-state index is 10.5. The summed E-state index contributed by atoms with van der Waals surface area (Å²) in [6.45, 7) is 5.18. The van der Waals surface area contributed by atoms with Crippen LogP contribution in [0.2, 0.25) is 0 Å². The van der Waals surface area contributed by atoms with Crippen LogP contribution in [0, 0.1) is 0 Å². The molecule has 3 heterocycles. The molecular weight excluding hydrogens is 382 g/mol. The third-order valence-corrected chi connectivity index (χ3v) is 5.70. The maximum atomic E-state index is 10.5. The Morgan fingerprint density at radius 2 is 2.00 bits per heavy atom. The second-order valence-corrected chi connectivity index (χ2v) is 8.05. The fourth-order valence-electron chi connectivity index (χ4n) is 4.01. The van der Waals surface area contributed by atoms with Crippen molar-refractivity contribution >= 4 is 0 Å². The summed E-state index contributed by atoms with van der Waals surface area (Å²) in [5.74, 6) is 1.85. The zero-order chi connectivity index (χ0) is 20.8. The Morgan fingerprint density at radius 1 is 1.17 bits per heavy atom. The Labute approximate surface area is 178 Å². The first kappa shape index (κ1) is 21.1.